The lowest BCUT2D eigenvalue weighted by atomic mass is 10.2. The number of amides is 1. The van der Waals surface area contributed by atoms with Crippen molar-refractivity contribution in [2.24, 2.45) is 0 Å². The first-order chi connectivity index (χ1) is 10.7. The summed E-state index contributed by atoms with van der Waals surface area (Å²) in [4.78, 5) is 26.3. The van der Waals surface area contributed by atoms with Crippen molar-refractivity contribution in [2.75, 3.05) is 19.6 Å². The summed E-state index contributed by atoms with van der Waals surface area (Å²) in [5.74, 6) is -0.206. The summed E-state index contributed by atoms with van der Waals surface area (Å²) < 4.78 is 1.35. The predicted molar refractivity (Wildman–Crippen MR) is 86.0 cm³/mol. The largest absolute Gasteiger partial charge is 0.349 e. The van der Waals surface area contributed by atoms with Gasteiger partial charge in [0.15, 0.2) is 0 Å². The average Bonchev–Trinajstić information content (AvgIpc) is 3.04. The Balaban J connectivity index is 1.96. The molecule has 0 unspecified atom stereocenters. The maximum Gasteiger partial charge on any atom is 0.271 e. The van der Waals surface area contributed by atoms with Crippen LogP contribution in [0.2, 0.25) is 0 Å². The van der Waals surface area contributed by atoms with Crippen LogP contribution in [-0.4, -0.2) is 46.3 Å². The first-order valence-electron chi connectivity index (χ1n) is 8.26. The lowest BCUT2D eigenvalue weighted by Gasteiger charge is -2.26. The third kappa shape index (κ3) is 4.16. The smallest absolute Gasteiger partial charge is 0.271 e. The summed E-state index contributed by atoms with van der Waals surface area (Å²) in [5, 5.41) is 7.10. The molecule has 1 aromatic heterocycles. The molecule has 0 radical (unpaired) electrons. The van der Waals surface area contributed by atoms with Crippen LogP contribution >= 0.6 is 0 Å². The van der Waals surface area contributed by atoms with Crippen LogP contribution in [0.4, 0.5) is 0 Å². The topological polar surface area (TPSA) is 67.2 Å². The average molecular weight is 306 g/mol. The van der Waals surface area contributed by atoms with Gasteiger partial charge < -0.3 is 5.32 Å². The van der Waals surface area contributed by atoms with Gasteiger partial charge in [-0.25, -0.2) is 4.68 Å². The Morgan fingerprint density at radius 3 is 2.68 bits per heavy atom. The van der Waals surface area contributed by atoms with E-state index in [2.05, 4.69) is 22.2 Å². The van der Waals surface area contributed by atoms with Crippen molar-refractivity contribution in [3.63, 3.8) is 0 Å². The van der Waals surface area contributed by atoms with E-state index in [1.165, 1.54) is 29.7 Å². The van der Waals surface area contributed by atoms with Crippen LogP contribution in [0, 0.1) is 0 Å². The van der Waals surface area contributed by atoms with E-state index in [9.17, 15) is 9.59 Å². The van der Waals surface area contributed by atoms with Crippen molar-refractivity contribution in [1.29, 1.82) is 0 Å². The molecule has 1 amide bonds. The molecule has 2 heterocycles. The second-order valence-corrected chi connectivity index (χ2v) is 5.80. The van der Waals surface area contributed by atoms with Gasteiger partial charge in [-0.05, 0) is 44.8 Å². The SMILES string of the molecule is CCCn1nc(C(=O)NC[C@@H](CC)N2CCCC2)ccc1=O. The minimum atomic E-state index is -0.206. The lowest BCUT2D eigenvalue weighted by molar-refractivity contribution is 0.0929. The molecule has 22 heavy (non-hydrogen) atoms. The van der Waals surface area contributed by atoms with E-state index in [1.54, 1.807) is 0 Å². The van der Waals surface area contributed by atoms with Crippen LogP contribution in [0.3, 0.4) is 0 Å². The number of aromatic nitrogens is 2. The van der Waals surface area contributed by atoms with Gasteiger partial charge in [0, 0.05) is 25.2 Å². The molecule has 1 fully saturated rings. The Morgan fingerprint density at radius 1 is 1.32 bits per heavy atom. The fourth-order valence-corrected chi connectivity index (χ4v) is 2.88. The second kappa shape index (κ2) is 8.08. The summed E-state index contributed by atoms with van der Waals surface area (Å²) in [6.45, 7) is 7.52. The number of hydrogen-bond acceptors (Lipinski definition) is 4. The molecule has 0 aromatic carbocycles. The number of likely N-dealkylation sites (tertiary alicyclic amines) is 1. The van der Waals surface area contributed by atoms with Crippen LogP contribution in [0.15, 0.2) is 16.9 Å². The maximum atomic E-state index is 12.2. The van der Waals surface area contributed by atoms with Gasteiger partial charge in [0.1, 0.15) is 5.69 Å². The number of aryl methyl sites for hydroxylation is 1. The van der Waals surface area contributed by atoms with E-state index in [4.69, 9.17) is 0 Å². The van der Waals surface area contributed by atoms with E-state index in [0.717, 1.165) is 25.9 Å². The molecular formula is C16H26N4O2. The van der Waals surface area contributed by atoms with Gasteiger partial charge in [-0.3, -0.25) is 14.5 Å². The molecule has 6 heteroatoms. The fraction of sp³-hybridized carbons (Fsp3) is 0.688. The Kier molecular flexibility index (Phi) is 6.12. The molecule has 0 spiro atoms. The van der Waals surface area contributed by atoms with Gasteiger partial charge in [-0.1, -0.05) is 13.8 Å². The number of nitrogens with one attached hydrogen (secondary N) is 1. The molecule has 1 atom stereocenters. The van der Waals surface area contributed by atoms with E-state index in [1.807, 2.05) is 6.92 Å². The highest BCUT2D eigenvalue weighted by Crippen LogP contribution is 2.13. The molecule has 6 nitrogen and oxygen atoms in total. The Hall–Kier alpha value is -1.69. The summed E-state index contributed by atoms with van der Waals surface area (Å²) in [6.07, 6.45) is 4.32. The minimum absolute atomic E-state index is 0.165. The zero-order valence-electron chi connectivity index (χ0n) is 13.5. The monoisotopic (exact) mass is 306 g/mol. The number of nitrogens with zero attached hydrogens (tertiary/aromatic N) is 3. The molecular weight excluding hydrogens is 280 g/mol. The molecule has 1 saturated heterocycles. The summed E-state index contributed by atoms with van der Waals surface area (Å²) in [6, 6.07) is 3.30. The number of rotatable bonds is 7. The Labute approximate surface area is 131 Å². The molecule has 2 rings (SSSR count). The molecule has 1 aliphatic heterocycles. The third-order valence-corrected chi connectivity index (χ3v) is 4.16. The summed E-state index contributed by atoms with van der Waals surface area (Å²) >= 11 is 0. The number of hydrogen-bond donors (Lipinski definition) is 1. The van der Waals surface area contributed by atoms with Crippen molar-refractivity contribution in [1.82, 2.24) is 20.0 Å². The van der Waals surface area contributed by atoms with E-state index in [0.29, 0.717) is 24.8 Å². The quantitative estimate of drug-likeness (QED) is 0.823. The second-order valence-electron chi connectivity index (χ2n) is 5.80. The summed E-state index contributed by atoms with van der Waals surface area (Å²) in [7, 11) is 0. The van der Waals surface area contributed by atoms with Crippen LogP contribution in [0.1, 0.15) is 50.0 Å². The van der Waals surface area contributed by atoms with Crippen LogP contribution < -0.4 is 10.9 Å². The maximum absolute atomic E-state index is 12.2. The molecule has 0 bridgehead atoms. The number of carbonyl (C=O) groups excluding carboxylic acids is 1. The molecule has 1 N–H and O–H groups in total. The molecule has 0 saturated carbocycles. The normalized spacial score (nSPS) is 16.6. The van der Waals surface area contributed by atoms with E-state index in [-0.39, 0.29) is 11.5 Å². The Morgan fingerprint density at radius 2 is 2.05 bits per heavy atom. The molecule has 1 aliphatic rings. The van der Waals surface area contributed by atoms with E-state index >= 15 is 0 Å². The van der Waals surface area contributed by atoms with Gasteiger partial charge >= 0.3 is 0 Å². The van der Waals surface area contributed by atoms with Crippen molar-refractivity contribution in [2.45, 2.75) is 52.1 Å². The van der Waals surface area contributed by atoms with Crippen LogP contribution in [0.25, 0.3) is 0 Å². The van der Waals surface area contributed by atoms with Crippen LogP contribution in [-0.2, 0) is 6.54 Å². The van der Waals surface area contributed by atoms with Crippen molar-refractivity contribution >= 4 is 5.91 Å². The standard InChI is InChI=1S/C16H26N4O2/c1-3-9-20-15(21)8-7-14(18-20)16(22)17-12-13(4-2)19-10-5-6-11-19/h7-8,13H,3-6,9-12H2,1-2H3,(H,17,22)/t13-/m1/s1. The van der Waals surface area contributed by atoms with Gasteiger partial charge in [0.25, 0.3) is 11.5 Å². The lowest BCUT2D eigenvalue weighted by Crippen LogP contribution is -2.42. The third-order valence-electron chi connectivity index (χ3n) is 4.16. The van der Waals surface area contributed by atoms with Crippen molar-refractivity contribution in [3.05, 3.63) is 28.2 Å². The van der Waals surface area contributed by atoms with Crippen molar-refractivity contribution in [3.8, 4) is 0 Å². The van der Waals surface area contributed by atoms with Gasteiger partial charge in [0.05, 0.1) is 0 Å². The molecule has 122 valence electrons. The van der Waals surface area contributed by atoms with Gasteiger partial charge in [-0.15, -0.1) is 0 Å². The van der Waals surface area contributed by atoms with Crippen LogP contribution in [0.5, 0.6) is 0 Å². The highest BCUT2D eigenvalue weighted by molar-refractivity contribution is 5.92. The fourth-order valence-electron chi connectivity index (χ4n) is 2.88. The summed E-state index contributed by atoms with van der Waals surface area (Å²) in [5.41, 5.74) is 0.145. The zero-order valence-corrected chi connectivity index (χ0v) is 13.5. The van der Waals surface area contributed by atoms with Gasteiger partial charge in [0.2, 0.25) is 0 Å². The van der Waals surface area contributed by atoms with Crippen molar-refractivity contribution < 1.29 is 4.79 Å². The Bertz CT molecular complexity index is 549. The minimum Gasteiger partial charge on any atom is -0.349 e. The molecule has 1 aromatic rings. The molecule has 0 aliphatic carbocycles. The number of carbonyl (C=O) groups is 1. The predicted octanol–water partition coefficient (Wildman–Crippen LogP) is 1.26. The zero-order chi connectivity index (χ0) is 15.9. The van der Waals surface area contributed by atoms with Gasteiger partial charge in [-0.2, -0.15) is 5.10 Å². The van der Waals surface area contributed by atoms with E-state index < -0.39 is 0 Å². The first kappa shape index (κ1) is 16.7. The first-order valence-corrected chi connectivity index (χ1v) is 8.26. The highest BCUT2D eigenvalue weighted by atomic mass is 16.2. The highest BCUT2D eigenvalue weighted by Gasteiger charge is 2.21.